The lowest BCUT2D eigenvalue weighted by Gasteiger charge is -2.44. The summed E-state index contributed by atoms with van der Waals surface area (Å²) in [6.07, 6.45) is 5.90. The van der Waals surface area contributed by atoms with Crippen LogP contribution in [-0.2, 0) is 28.5 Å². The van der Waals surface area contributed by atoms with Crippen LogP contribution in [0.2, 0.25) is 0 Å². The smallest absolute Gasteiger partial charge is 0.303 e. The Morgan fingerprint density at radius 2 is 1.89 bits per heavy atom. The van der Waals surface area contributed by atoms with Gasteiger partial charge in [-0.05, 0) is 52.5 Å². The normalized spacial score (nSPS) is 41.2. The maximum atomic E-state index is 12.3. The minimum atomic E-state index is -1.83. The van der Waals surface area contributed by atoms with Gasteiger partial charge < -0.3 is 39.6 Å². The molecule has 3 rings (SSSR count). The van der Waals surface area contributed by atoms with Gasteiger partial charge in [0.2, 0.25) is 5.91 Å². The number of epoxide rings is 1. The van der Waals surface area contributed by atoms with Gasteiger partial charge in [-0.1, -0.05) is 30.7 Å². The maximum Gasteiger partial charge on any atom is 0.303 e. The number of ether oxygens (including phenoxy) is 4. The van der Waals surface area contributed by atoms with E-state index in [0.717, 1.165) is 12.0 Å². The molecule has 10 nitrogen and oxygen atoms in total. The van der Waals surface area contributed by atoms with Crippen molar-refractivity contribution in [1.29, 1.82) is 0 Å². The van der Waals surface area contributed by atoms with Crippen molar-refractivity contribution >= 4 is 11.9 Å². The molecular formula is C27H41NO9. The molecule has 3 heterocycles. The third-order valence-electron chi connectivity index (χ3n) is 7.27. The molecule has 208 valence electrons. The maximum absolute atomic E-state index is 12.3. The van der Waals surface area contributed by atoms with E-state index in [0.29, 0.717) is 6.42 Å². The molecule has 37 heavy (non-hydrogen) atoms. The van der Waals surface area contributed by atoms with Crippen molar-refractivity contribution in [3.05, 3.63) is 36.0 Å². The quantitative estimate of drug-likeness (QED) is 0.160. The highest BCUT2D eigenvalue weighted by molar-refractivity contribution is 5.87. The first-order valence-corrected chi connectivity index (χ1v) is 12.8. The van der Waals surface area contributed by atoms with E-state index in [1.807, 2.05) is 19.9 Å². The number of nitrogens with one attached hydrogen (secondary N) is 1. The Hall–Kier alpha value is -2.08. The second kappa shape index (κ2) is 11.8. The van der Waals surface area contributed by atoms with Crippen molar-refractivity contribution in [2.75, 3.05) is 6.61 Å². The van der Waals surface area contributed by atoms with E-state index in [-0.39, 0.29) is 36.7 Å². The largest absolute Gasteiger partial charge is 0.459 e. The molecule has 4 N–H and O–H groups in total. The second-order valence-corrected chi connectivity index (χ2v) is 10.7. The summed E-state index contributed by atoms with van der Waals surface area (Å²) in [5.41, 5.74) is -0.267. The minimum Gasteiger partial charge on any atom is -0.459 e. The zero-order valence-electron chi connectivity index (χ0n) is 22.4. The second-order valence-electron chi connectivity index (χ2n) is 10.7. The molecule has 3 saturated heterocycles. The molecule has 10 atom stereocenters. The highest BCUT2D eigenvalue weighted by atomic mass is 16.7. The van der Waals surface area contributed by atoms with Gasteiger partial charge in [0.15, 0.2) is 11.4 Å². The third kappa shape index (κ3) is 7.28. The van der Waals surface area contributed by atoms with E-state index in [1.165, 1.54) is 26.0 Å². The van der Waals surface area contributed by atoms with E-state index in [9.17, 15) is 24.9 Å². The predicted molar refractivity (Wildman–Crippen MR) is 134 cm³/mol. The van der Waals surface area contributed by atoms with Crippen molar-refractivity contribution in [1.82, 2.24) is 5.32 Å². The van der Waals surface area contributed by atoms with Gasteiger partial charge in [0.1, 0.15) is 24.4 Å². The zero-order chi connectivity index (χ0) is 27.5. The summed E-state index contributed by atoms with van der Waals surface area (Å²) in [6, 6.07) is -0.137. The van der Waals surface area contributed by atoms with E-state index in [1.54, 1.807) is 19.1 Å². The lowest BCUT2D eigenvalue weighted by molar-refractivity contribution is -0.321. The molecule has 1 amide bonds. The van der Waals surface area contributed by atoms with Crippen LogP contribution in [0.4, 0.5) is 0 Å². The monoisotopic (exact) mass is 523 g/mol. The lowest BCUT2D eigenvalue weighted by atomic mass is 9.84. The summed E-state index contributed by atoms with van der Waals surface area (Å²) < 4.78 is 22.0. The zero-order valence-corrected chi connectivity index (χ0v) is 22.4. The Balaban J connectivity index is 1.50. The number of aliphatic hydroxyl groups is 3. The van der Waals surface area contributed by atoms with Gasteiger partial charge in [-0.2, -0.15) is 0 Å². The predicted octanol–water partition coefficient (Wildman–Crippen LogP) is 1.28. The summed E-state index contributed by atoms with van der Waals surface area (Å²) >= 11 is 0. The highest BCUT2D eigenvalue weighted by Gasteiger charge is 2.68. The number of hydrogen-bond donors (Lipinski definition) is 4. The van der Waals surface area contributed by atoms with Crippen molar-refractivity contribution in [2.45, 2.75) is 108 Å². The van der Waals surface area contributed by atoms with Crippen molar-refractivity contribution in [3.63, 3.8) is 0 Å². The standard InChI is InChI=1S/C27H41NO9/c1-15(8-11-22-24(31)27(14-34-27)25(32)26(6,33)37-22)7-10-21-16(2)13-20(18(4)36-21)28-23(30)12-9-17(3)35-19(5)29/h7-9,11-12,16-18,20-22,24-25,31-33H,10,13-14H2,1-6H3,(H,28,30)/b11-8+,12-9-,15-7+/t16-,17-,18+,20+,21-,22+,24+,25-,26+,27-/m0/s1. The molecule has 0 bridgehead atoms. The first-order valence-electron chi connectivity index (χ1n) is 12.8. The molecule has 0 aromatic carbocycles. The highest BCUT2D eigenvalue weighted by Crippen LogP contribution is 2.45. The van der Waals surface area contributed by atoms with Crippen molar-refractivity contribution in [2.24, 2.45) is 5.92 Å². The lowest BCUT2D eigenvalue weighted by Crippen LogP contribution is -2.65. The van der Waals surface area contributed by atoms with Crippen LogP contribution in [0.15, 0.2) is 36.0 Å². The Morgan fingerprint density at radius 1 is 1.22 bits per heavy atom. The Kier molecular flexibility index (Phi) is 9.36. The van der Waals surface area contributed by atoms with Crippen molar-refractivity contribution in [3.8, 4) is 0 Å². The van der Waals surface area contributed by atoms with Crippen LogP contribution in [0.5, 0.6) is 0 Å². The van der Waals surface area contributed by atoms with Crippen LogP contribution < -0.4 is 5.32 Å². The Labute approximate surface area is 218 Å². The molecule has 0 aromatic heterocycles. The first kappa shape index (κ1) is 29.5. The van der Waals surface area contributed by atoms with E-state index < -0.39 is 41.8 Å². The average molecular weight is 524 g/mol. The van der Waals surface area contributed by atoms with Crippen LogP contribution in [0.1, 0.15) is 54.4 Å². The number of carbonyl (C=O) groups is 2. The summed E-state index contributed by atoms with van der Waals surface area (Å²) in [5, 5.41) is 34.2. The third-order valence-corrected chi connectivity index (χ3v) is 7.27. The van der Waals surface area contributed by atoms with E-state index in [4.69, 9.17) is 18.9 Å². The Bertz CT molecular complexity index is 923. The van der Waals surface area contributed by atoms with Gasteiger partial charge in [0.05, 0.1) is 24.9 Å². The number of amides is 1. The molecule has 3 aliphatic rings. The van der Waals surface area contributed by atoms with Gasteiger partial charge in [-0.3, -0.25) is 9.59 Å². The molecule has 10 heteroatoms. The minimum absolute atomic E-state index is 0.0263. The molecule has 0 unspecified atom stereocenters. The van der Waals surface area contributed by atoms with E-state index in [2.05, 4.69) is 12.2 Å². The van der Waals surface area contributed by atoms with Gasteiger partial charge in [0, 0.05) is 13.0 Å². The van der Waals surface area contributed by atoms with Crippen LogP contribution in [-0.4, -0.2) is 87.9 Å². The summed E-state index contributed by atoms with van der Waals surface area (Å²) in [5.74, 6) is -2.29. The molecular weight excluding hydrogens is 482 g/mol. The van der Waals surface area contributed by atoms with Crippen LogP contribution in [0.3, 0.4) is 0 Å². The molecule has 0 aromatic rings. The SMILES string of the molecule is CC(=O)O[C@@H](C)/C=C\C(=O)N[C@@H]1C[C@H](C)[C@H](C/C=C(C)/C=C/[C@H]2O[C@@](C)(O)[C@H](O)[C@]3(CO3)[C@@H]2O)O[C@@H]1C. The van der Waals surface area contributed by atoms with Gasteiger partial charge in [-0.25, -0.2) is 0 Å². The fourth-order valence-electron chi connectivity index (χ4n) is 4.94. The topological polar surface area (TPSA) is 147 Å². The average Bonchev–Trinajstić information content (AvgIpc) is 3.61. The molecule has 0 saturated carbocycles. The number of esters is 1. The van der Waals surface area contributed by atoms with Crippen LogP contribution in [0, 0.1) is 5.92 Å². The van der Waals surface area contributed by atoms with E-state index >= 15 is 0 Å². The van der Waals surface area contributed by atoms with Gasteiger partial charge >= 0.3 is 5.97 Å². The van der Waals surface area contributed by atoms with Gasteiger partial charge in [-0.15, -0.1) is 0 Å². The van der Waals surface area contributed by atoms with Gasteiger partial charge in [0.25, 0.3) is 0 Å². The van der Waals surface area contributed by atoms with Crippen LogP contribution >= 0.6 is 0 Å². The summed E-state index contributed by atoms with van der Waals surface area (Å²) in [7, 11) is 0. The number of aliphatic hydroxyl groups excluding tert-OH is 2. The molecule has 0 aliphatic carbocycles. The first-order chi connectivity index (χ1) is 17.2. The molecule has 1 spiro atoms. The molecule has 0 radical (unpaired) electrons. The van der Waals surface area contributed by atoms with Crippen LogP contribution in [0.25, 0.3) is 0 Å². The summed E-state index contributed by atoms with van der Waals surface area (Å²) in [4.78, 5) is 23.3. The Morgan fingerprint density at radius 3 is 2.51 bits per heavy atom. The number of hydrogen-bond acceptors (Lipinski definition) is 9. The van der Waals surface area contributed by atoms with Crippen molar-refractivity contribution < 1.29 is 43.9 Å². The molecule has 3 fully saturated rings. The molecule has 3 aliphatic heterocycles. The fraction of sp³-hybridized carbons (Fsp3) is 0.704. The fourth-order valence-corrected chi connectivity index (χ4v) is 4.94. The number of rotatable bonds is 8. The number of allylic oxidation sites excluding steroid dienone is 2. The number of carbonyl (C=O) groups excluding carboxylic acids is 2. The summed E-state index contributed by atoms with van der Waals surface area (Å²) in [6.45, 7) is 10.5.